The molecule has 3 aromatic carbocycles. The van der Waals surface area contributed by atoms with Crippen LogP contribution in [0.1, 0.15) is 49.7 Å². The molecule has 0 aromatic heterocycles. The van der Waals surface area contributed by atoms with Gasteiger partial charge in [0.1, 0.15) is 12.2 Å². The van der Waals surface area contributed by atoms with Crippen molar-refractivity contribution in [1.82, 2.24) is 0 Å². The highest BCUT2D eigenvalue weighted by atomic mass is 16.6. The van der Waals surface area contributed by atoms with E-state index in [0.29, 0.717) is 0 Å². The Kier molecular flexibility index (Phi) is 3.28. The van der Waals surface area contributed by atoms with Gasteiger partial charge in [-0.25, -0.2) is 0 Å². The van der Waals surface area contributed by atoms with Crippen LogP contribution in [-0.4, -0.2) is 0 Å². The molecular formula is C22H22O. The summed E-state index contributed by atoms with van der Waals surface area (Å²) in [5.74, 6) is 0. The molecule has 0 unspecified atom stereocenters. The van der Waals surface area contributed by atoms with Crippen molar-refractivity contribution in [2.45, 2.75) is 38.4 Å². The monoisotopic (exact) mass is 302 g/mol. The zero-order valence-corrected chi connectivity index (χ0v) is 13.9. The summed E-state index contributed by atoms with van der Waals surface area (Å²) in [5, 5.41) is 2.56. The van der Waals surface area contributed by atoms with Gasteiger partial charge in [0, 0.05) is 0 Å². The lowest BCUT2D eigenvalue weighted by atomic mass is 9.86. The number of hydrogen-bond donors (Lipinski definition) is 0. The number of fused-ring (bicyclic) bond motifs is 1. The van der Waals surface area contributed by atoms with E-state index >= 15 is 0 Å². The second kappa shape index (κ2) is 5.21. The fourth-order valence-electron chi connectivity index (χ4n) is 3.18. The lowest BCUT2D eigenvalue weighted by Crippen LogP contribution is -2.10. The predicted octanol–water partition coefficient (Wildman–Crippen LogP) is 5.95. The SMILES string of the molecule is CC(C)(C)c1ccc([C@@H]2O[C@H]2c2ccc3ccccc3c2)cc1. The summed E-state index contributed by atoms with van der Waals surface area (Å²) in [6.45, 7) is 6.73. The van der Waals surface area contributed by atoms with E-state index in [2.05, 4.69) is 87.5 Å². The maximum Gasteiger partial charge on any atom is 0.114 e. The minimum absolute atomic E-state index is 0.195. The normalized spacial score (nSPS) is 20.7. The van der Waals surface area contributed by atoms with E-state index in [9.17, 15) is 0 Å². The molecule has 0 spiro atoms. The van der Waals surface area contributed by atoms with Crippen LogP contribution < -0.4 is 0 Å². The molecule has 1 heterocycles. The Balaban J connectivity index is 1.57. The summed E-state index contributed by atoms with van der Waals surface area (Å²) >= 11 is 0. The molecule has 3 aromatic rings. The number of rotatable bonds is 2. The molecule has 1 heteroatoms. The summed E-state index contributed by atoms with van der Waals surface area (Å²) in [4.78, 5) is 0. The molecule has 23 heavy (non-hydrogen) atoms. The molecular weight excluding hydrogens is 280 g/mol. The highest BCUT2D eigenvalue weighted by Gasteiger charge is 2.41. The van der Waals surface area contributed by atoms with E-state index in [1.54, 1.807) is 0 Å². The molecule has 1 fully saturated rings. The van der Waals surface area contributed by atoms with Gasteiger partial charge in [0.15, 0.2) is 0 Å². The zero-order valence-electron chi connectivity index (χ0n) is 13.9. The fourth-order valence-corrected chi connectivity index (χ4v) is 3.18. The molecule has 1 aliphatic heterocycles. The summed E-state index contributed by atoms with van der Waals surface area (Å²) in [6, 6.07) is 24.0. The van der Waals surface area contributed by atoms with Crippen molar-refractivity contribution in [1.29, 1.82) is 0 Å². The average Bonchev–Trinajstić information content (AvgIpc) is 3.34. The van der Waals surface area contributed by atoms with Gasteiger partial charge >= 0.3 is 0 Å². The highest BCUT2D eigenvalue weighted by molar-refractivity contribution is 5.83. The largest absolute Gasteiger partial charge is 0.359 e. The number of hydrogen-bond acceptors (Lipinski definition) is 1. The second-order valence-corrected chi connectivity index (χ2v) is 7.46. The lowest BCUT2D eigenvalue weighted by Gasteiger charge is -2.18. The first-order valence-electron chi connectivity index (χ1n) is 8.27. The molecule has 4 rings (SSSR count). The van der Waals surface area contributed by atoms with Gasteiger partial charge in [-0.15, -0.1) is 0 Å². The summed E-state index contributed by atoms with van der Waals surface area (Å²) in [6.07, 6.45) is 0.394. The number of epoxide rings is 1. The first-order valence-corrected chi connectivity index (χ1v) is 8.27. The molecule has 0 saturated carbocycles. The van der Waals surface area contributed by atoms with Crippen LogP contribution in [0, 0.1) is 0 Å². The molecule has 1 nitrogen and oxygen atoms in total. The third kappa shape index (κ3) is 2.77. The second-order valence-electron chi connectivity index (χ2n) is 7.46. The first kappa shape index (κ1) is 14.5. The van der Waals surface area contributed by atoms with Crippen LogP contribution in [0.15, 0.2) is 66.7 Å². The Hall–Kier alpha value is -2.12. The van der Waals surface area contributed by atoms with Crippen molar-refractivity contribution in [3.8, 4) is 0 Å². The van der Waals surface area contributed by atoms with Gasteiger partial charge in [0.25, 0.3) is 0 Å². The van der Waals surface area contributed by atoms with Crippen LogP contribution in [-0.2, 0) is 10.2 Å². The molecule has 1 saturated heterocycles. The fraction of sp³-hybridized carbons (Fsp3) is 0.273. The van der Waals surface area contributed by atoms with E-state index in [0.717, 1.165) is 0 Å². The van der Waals surface area contributed by atoms with E-state index < -0.39 is 0 Å². The quantitative estimate of drug-likeness (QED) is 0.533. The Morgan fingerprint density at radius 1 is 0.696 bits per heavy atom. The highest BCUT2D eigenvalue weighted by Crippen LogP contribution is 2.51. The summed E-state index contributed by atoms with van der Waals surface area (Å²) in [7, 11) is 0. The predicted molar refractivity (Wildman–Crippen MR) is 95.7 cm³/mol. The van der Waals surface area contributed by atoms with Crippen LogP contribution >= 0.6 is 0 Å². The van der Waals surface area contributed by atoms with Crippen molar-refractivity contribution in [2.24, 2.45) is 0 Å². The standard InChI is InChI=1S/C22H22O/c1-22(2,3)19-12-10-16(11-13-19)20-21(23-20)18-9-8-15-6-4-5-7-17(15)14-18/h4-14,20-21H,1-3H3/t20-,21-/m0/s1. The summed E-state index contributed by atoms with van der Waals surface area (Å²) < 4.78 is 5.96. The Labute approximate surface area is 137 Å². The van der Waals surface area contributed by atoms with Gasteiger partial charge in [-0.3, -0.25) is 0 Å². The molecule has 116 valence electrons. The van der Waals surface area contributed by atoms with Crippen LogP contribution in [0.4, 0.5) is 0 Å². The van der Waals surface area contributed by atoms with Crippen molar-refractivity contribution in [2.75, 3.05) is 0 Å². The maximum atomic E-state index is 5.96. The zero-order chi connectivity index (χ0) is 16.0. The van der Waals surface area contributed by atoms with Crippen molar-refractivity contribution in [3.05, 3.63) is 83.4 Å². The molecule has 1 aliphatic rings. The molecule has 2 atom stereocenters. The lowest BCUT2D eigenvalue weighted by molar-refractivity contribution is 0.377. The minimum atomic E-state index is 0.195. The van der Waals surface area contributed by atoms with E-state index in [1.807, 2.05) is 0 Å². The number of benzene rings is 3. The van der Waals surface area contributed by atoms with Crippen LogP contribution in [0.25, 0.3) is 10.8 Å². The van der Waals surface area contributed by atoms with Gasteiger partial charge in [0.2, 0.25) is 0 Å². The molecule has 0 bridgehead atoms. The Bertz CT molecular complexity index is 840. The van der Waals surface area contributed by atoms with Gasteiger partial charge in [-0.1, -0.05) is 81.4 Å². The molecule has 0 radical (unpaired) electrons. The number of ether oxygens (including phenoxy) is 1. The van der Waals surface area contributed by atoms with Crippen molar-refractivity contribution >= 4 is 10.8 Å². The van der Waals surface area contributed by atoms with Crippen LogP contribution in [0.5, 0.6) is 0 Å². The molecule has 0 aliphatic carbocycles. The Morgan fingerprint density at radius 2 is 1.30 bits per heavy atom. The summed E-state index contributed by atoms with van der Waals surface area (Å²) in [5.41, 5.74) is 4.11. The van der Waals surface area contributed by atoms with Gasteiger partial charge < -0.3 is 4.74 Å². The van der Waals surface area contributed by atoms with Gasteiger partial charge in [-0.05, 0) is 38.9 Å². The maximum absolute atomic E-state index is 5.96. The smallest absolute Gasteiger partial charge is 0.114 e. The van der Waals surface area contributed by atoms with E-state index in [1.165, 1.54) is 27.5 Å². The first-order chi connectivity index (χ1) is 11.0. The molecule has 0 N–H and O–H groups in total. The Morgan fingerprint density at radius 3 is 2.00 bits per heavy atom. The average molecular weight is 302 g/mol. The minimum Gasteiger partial charge on any atom is -0.359 e. The van der Waals surface area contributed by atoms with Crippen LogP contribution in [0.3, 0.4) is 0 Å². The van der Waals surface area contributed by atoms with Gasteiger partial charge in [0.05, 0.1) is 0 Å². The molecule has 0 amide bonds. The van der Waals surface area contributed by atoms with Crippen molar-refractivity contribution < 1.29 is 4.74 Å². The van der Waals surface area contributed by atoms with Gasteiger partial charge in [-0.2, -0.15) is 0 Å². The topological polar surface area (TPSA) is 12.5 Å². The van der Waals surface area contributed by atoms with Crippen LogP contribution in [0.2, 0.25) is 0 Å². The van der Waals surface area contributed by atoms with Crippen molar-refractivity contribution in [3.63, 3.8) is 0 Å². The van der Waals surface area contributed by atoms with E-state index in [4.69, 9.17) is 4.74 Å². The van der Waals surface area contributed by atoms with E-state index in [-0.39, 0.29) is 17.6 Å². The third-order valence-electron chi connectivity index (χ3n) is 4.70. The third-order valence-corrected chi connectivity index (χ3v) is 4.70.